The van der Waals surface area contributed by atoms with Crippen LogP contribution in [-0.4, -0.2) is 0 Å². The molecule has 0 aliphatic carbocycles. The second-order valence-corrected chi connectivity index (χ2v) is 4.70. The van der Waals surface area contributed by atoms with Crippen LogP contribution in [0.1, 0.15) is 28.3 Å². The van der Waals surface area contributed by atoms with Gasteiger partial charge in [0.05, 0.1) is 0 Å². The van der Waals surface area contributed by atoms with Crippen LogP contribution in [0.15, 0.2) is 48.5 Å². The van der Waals surface area contributed by atoms with Crippen LogP contribution in [0.4, 0.5) is 0 Å². The van der Waals surface area contributed by atoms with E-state index in [0.717, 1.165) is 6.42 Å². The summed E-state index contributed by atoms with van der Waals surface area (Å²) in [6.45, 7) is 4.31. The molecule has 0 saturated heterocycles. The molecule has 3 N–H and O–H groups in total. The molecule has 0 spiro atoms. The first-order valence-electron chi connectivity index (χ1n) is 6.28. The zero-order valence-electron chi connectivity index (χ0n) is 11.0. The van der Waals surface area contributed by atoms with Crippen molar-refractivity contribution in [1.29, 1.82) is 0 Å². The lowest BCUT2D eigenvalue weighted by molar-refractivity contribution is 0.550. The van der Waals surface area contributed by atoms with E-state index in [2.05, 4.69) is 49.6 Å². The van der Waals surface area contributed by atoms with Crippen LogP contribution in [0.2, 0.25) is 0 Å². The van der Waals surface area contributed by atoms with Gasteiger partial charge in [-0.1, -0.05) is 48.5 Å². The fourth-order valence-electron chi connectivity index (χ4n) is 2.33. The molecule has 1 atom stereocenters. The standard InChI is InChI=1S/C16H20N2/c1-12-7-6-8-13(2)15(12)11-16(18-17)14-9-4-3-5-10-14/h3-10,16,18H,11,17H2,1-2H3. The van der Waals surface area contributed by atoms with Gasteiger partial charge < -0.3 is 0 Å². The number of aryl methyl sites for hydroxylation is 2. The molecule has 0 saturated carbocycles. The third-order valence-electron chi connectivity index (χ3n) is 3.46. The molecule has 0 radical (unpaired) electrons. The monoisotopic (exact) mass is 240 g/mol. The lowest BCUT2D eigenvalue weighted by Crippen LogP contribution is -2.29. The molecule has 18 heavy (non-hydrogen) atoms. The van der Waals surface area contributed by atoms with Crippen molar-refractivity contribution in [3.05, 3.63) is 70.8 Å². The Morgan fingerprint density at radius 1 is 0.944 bits per heavy atom. The summed E-state index contributed by atoms with van der Waals surface area (Å²) in [4.78, 5) is 0. The maximum Gasteiger partial charge on any atom is 0.0500 e. The Hall–Kier alpha value is -1.64. The highest BCUT2D eigenvalue weighted by Crippen LogP contribution is 2.22. The maximum atomic E-state index is 5.70. The minimum absolute atomic E-state index is 0.158. The Morgan fingerprint density at radius 3 is 2.11 bits per heavy atom. The van der Waals surface area contributed by atoms with Crippen molar-refractivity contribution in [2.75, 3.05) is 0 Å². The Kier molecular flexibility index (Phi) is 4.13. The van der Waals surface area contributed by atoms with Crippen molar-refractivity contribution < 1.29 is 0 Å². The summed E-state index contributed by atoms with van der Waals surface area (Å²) in [5.41, 5.74) is 8.18. The van der Waals surface area contributed by atoms with Gasteiger partial charge in [0, 0.05) is 6.04 Å². The predicted octanol–water partition coefficient (Wildman–Crippen LogP) is 3.05. The van der Waals surface area contributed by atoms with Crippen molar-refractivity contribution in [2.45, 2.75) is 26.3 Å². The molecule has 2 rings (SSSR count). The molecule has 0 aliphatic rings. The zero-order chi connectivity index (χ0) is 13.0. The Morgan fingerprint density at radius 2 is 1.56 bits per heavy atom. The van der Waals surface area contributed by atoms with Gasteiger partial charge in [0.25, 0.3) is 0 Å². The van der Waals surface area contributed by atoms with Gasteiger partial charge in [0.2, 0.25) is 0 Å². The SMILES string of the molecule is Cc1cccc(C)c1CC(NN)c1ccccc1. The van der Waals surface area contributed by atoms with E-state index in [-0.39, 0.29) is 6.04 Å². The van der Waals surface area contributed by atoms with Gasteiger partial charge in [-0.25, -0.2) is 0 Å². The minimum Gasteiger partial charge on any atom is -0.271 e. The quantitative estimate of drug-likeness (QED) is 0.636. The van der Waals surface area contributed by atoms with Crippen molar-refractivity contribution in [3.8, 4) is 0 Å². The van der Waals surface area contributed by atoms with Gasteiger partial charge in [-0.05, 0) is 42.5 Å². The summed E-state index contributed by atoms with van der Waals surface area (Å²) in [6, 6.07) is 16.9. The van der Waals surface area contributed by atoms with E-state index >= 15 is 0 Å². The lowest BCUT2D eigenvalue weighted by atomic mass is 9.93. The van der Waals surface area contributed by atoms with Gasteiger partial charge in [-0.15, -0.1) is 0 Å². The van der Waals surface area contributed by atoms with Crippen LogP contribution in [0.3, 0.4) is 0 Å². The largest absolute Gasteiger partial charge is 0.271 e. The van der Waals surface area contributed by atoms with Crippen LogP contribution in [-0.2, 0) is 6.42 Å². The van der Waals surface area contributed by atoms with Crippen molar-refractivity contribution in [2.24, 2.45) is 5.84 Å². The highest BCUT2D eigenvalue weighted by atomic mass is 15.2. The molecule has 0 bridgehead atoms. The summed E-state index contributed by atoms with van der Waals surface area (Å²) in [7, 11) is 0. The van der Waals surface area contributed by atoms with E-state index in [0.29, 0.717) is 0 Å². The zero-order valence-corrected chi connectivity index (χ0v) is 11.0. The van der Waals surface area contributed by atoms with Crippen molar-refractivity contribution in [3.63, 3.8) is 0 Å². The second kappa shape index (κ2) is 5.80. The molecule has 0 aromatic heterocycles. The molecule has 0 fully saturated rings. The van der Waals surface area contributed by atoms with Crippen LogP contribution in [0.25, 0.3) is 0 Å². The molecule has 2 heteroatoms. The topological polar surface area (TPSA) is 38.0 Å². The minimum atomic E-state index is 0.158. The maximum absolute atomic E-state index is 5.70. The van der Waals surface area contributed by atoms with Crippen LogP contribution in [0.5, 0.6) is 0 Å². The molecular formula is C16H20N2. The molecule has 2 aromatic carbocycles. The van der Waals surface area contributed by atoms with E-state index < -0.39 is 0 Å². The summed E-state index contributed by atoms with van der Waals surface area (Å²) in [6.07, 6.45) is 0.916. The summed E-state index contributed by atoms with van der Waals surface area (Å²) in [5, 5.41) is 0. The van der Waals surface area contributed by atoms with Crippen LogP contribution < -0.4 is 11.3 Å². The fraction of sp³-hybridized carbons (Fsp3) is 0.250. The van der Waals surface area contributed by atoms with Crippen molar-refractivity contribution >= 4 is 0 Å². The number of hydrogen-bond acceptors (Lipinski definition) is 2. The van der Waals surface area contributed by atoms with E-state index in [1.54, 1.807) is 0 Å². The molecule has 2 aromatic rings. The first kappa shape index (κ1) is 12.8. The molecule has 2 nitrogen and oxygen atoms in total. The summed E-state index contributed by atoms with van der Waals surface area (Å²) < 4.78 is 0. The fourth-order valence-corrected chi connectivity index (χ4v) is 2.33. The van der Waals surface area contributed by atoms with Gasteiger partial charge in [0.1, 0.15) is 0 Å². The van der Waals surface area contributed by atoms with Crippen LogP contribution >= 0.6 is 0 Å². The number of benzene rings is 2. The average Bonchev–Trinajstić information content (AvgIpc) is 2.40. The number of nitrogens with two attached hydrogens (primary N) is 1. The number of hydrazine groups is 1. The summed E-state index contributed by atoms with van der Waals surface area (Å²) >= 11 is 0. The highest BCUT2D eigenvalue weighted by Gasteiger charge is 2.12. The molecular weight excluding hydrogens is 220 g/mol. The molecule has 0 amide bonds. The number of rotatable bonds is 4. The molecule has 0 heterocycles. The van der Waals surface area contributed by atoms with Gasteiger partial charge >= 0.3 is 0 Å². The van der Waals surface area contributed by atoms with Gasteiger partial charge in [0.15, 0.2) is 0 Å². The van der Waals surface area contributed by atoms with E-state index in [4.69, 9.17) is 5.84 Å². The second-order valence-electron chi connectivity index (χ2n) is 4.70. The van der Waals surface area contributed by atoms with E-state index in [1.807, 2.05) is 18.2 Å². The third kappa shape index (κ3) is 2.78. The average molecular weight is 240 g/mol. The summed E-state index contributed by atoms with van der Waals surface area (Å²) in [5.74, 6) is 5.70. The number of hydrogen-bond donors (Lipinski definition) is 2. The normalized spacial score (nSPS) is 12.4. The van der Waals surface area contributed by atoms with Crippen molar-refractivity contribution in [1.82, 2.24) is 5.43 Å². The van der Waals surface area contributed by atoms with Crippen LogP contribution in [0, 0.1) is 13.8 Å². The third-order valence-corrected chi connectivity index (χ3v) is 3.46. The first-order valence-corrected chi connectivity index (χ1v) is 6.28. The highest BCUT2D eigenvalue weighted by molar-refractivity contribution is 5.35. The van der Waals surface area contributed by atoms with Gasteiger partial charge in [-0.3, -0.25) is 11.3 Å². The predicted molar refractivity (Wildman–Crippen MR) is 76.1 cm³/mol. The molecule has 1 unspecified atom stereocenters. The lowest BCUT2D eigenvalue weighted by Gasteiger charge is -2.19. The van der Waals surface area contributed by atoms with Gasteiger partial charge in [-0.2, -0.15) is 0 Å². The molecule has 0 aliphatic heterocycles. The van der Waals surface area contributed by atoms with E-state index in [1.165, 1.54) is 22.3 Å². The number of nitrogens with one attached hydrogen (secondary N) is 1. The molecule has 94 valence electrons. The Balaban J connectivity index is 2.26. The smallest absolute Gasteiger partial charge is 0.0500 e. The van der Waals surface area contributed by atoms with E-state index in [9.17, 15) is 0 Å². The Bertz CT molecular complexity index is 486. The Labute approximate surface area is 109 Å². The first-order chi connectivity index (χ1) is 8.72.